The predicted molar refractivity (Wildman–Crippen MR) is 151 cm³/mol. The number of aryl methyl sites for hydroxylation is 1. The van der Waals surface area contributed by atoms with Crippen LogP contribution in [0.15, 0.2) is 36.7 Å². The number of hydrogen-bond donors (Lipinski definition) is 2. The van der Waals surface area contributed by atoms with Gasteiger partial charge < -0.3 is 20.1 Å². The third kappa shape index (κ3) is 5.54. The fraction of sp³-hybridized carbons (Fsp3) is 0.448. The molecule has 0 atom stereocenters. The molecule has 9 nitrogen and oxygen atoms in total. The molecule has 40 heavy (non-hydrogen) atoms. The van der Waals surface area contributed by atoms with Crippen molar-refractivity contribution in [3.05, 3.63) is 59.7 Å². The molecule has 4 aromatic rings. The smallest absolute Gasteiger partial charge is 0.229 e. The van der Waals surface area contributed by atoms with Crippen molar-refractivity contribution in [3.8, 4) is 11.3 Å². The number of hydrogen-bond acceptors (Lipinski definition) is 8. The van der Waals surface area contributed by atoms with Crippen molar-refractivity contribution in [2.75, 3.05) is 51.1 Å². The summed E-state index contributed by atoms with van der Waals surface area (Å²) >= 11 is 0. The van der Waals surface area contributed by atoms with E-state index in [0.29, 0.717) is 22.7 Å². The topological polar surface area (TPSA) is 87.0 Å². The van der Waals surface area contributed by atoms with Crippen LogP contribution in [0.5, 0.6) is 0 Å². The second-order valence-corrected chi connectivity index (χ2v) is 11.1. The van der Waals surface area contributed by atoms with E-state index in [0.717, 1.165) is 63.5 Å². The fourth-order valence-electron chi connectivity index (χ4n) is 5.62. The van der Waals surface area contributed by atoms with Crippen molar-refractivity contribution >= 4 is 22.8 Å². The third-order valence-electron chi connectivity index (χ3n) is 7.78. The van der Waals surface area contributed by atoms with E-state index in [-0.39, 0.29) is 23.2 Å². The lowest BCUT2D eigenvalue weighted by atomic mass is 10.0. The second-order valence-electron chi connectivity index (χ2n) is 11.1. The summed E-state index contributed by atoms with van der Waals surface area (Å²) in [6.45, 7) is 14.5. The first-order chi connectivity index (χ1) is 19.3. The summed E-state index contributed by atoms with van der Waals surface area (Å²) < 4.78 is 31.8. The fourth-order valence-corrected chi connectivity index (χ4v) is 5.62. The predicted octanol–water partition coefficient (Wildman–Crippen LogP) is 4.14. The standard InChI is InChI=1S/C29H35F2N9/c1-18(2)40-19(3)35-28-23(30)10-22(11-25(28)40)27-24(31)15-34-29(37-27)36-26-5-4-20(14-33-26)16-38-6-8-39(9-7-38)17-21-12-32-13-21/h4-5,10-11,14-15,18,21,32H,6-9,12-13,16-17H2,1-3H3,(H,33,34,36,37). The summed E-state index contributed by atoms with van der Waals surface area (Å²) in [5.41, 5.74) is 2.33. The molecule has 11 heteroatoms. The Morgan fingerprint density at radius 3 is 2.42 bits per heavy atom. The highest BCUT2D eigenvalue weighted by molar-refractivity contribution is 5.83. The summed E-state index contributed by atoms with van der Waals surface area (Å²) in [6.07, 6.45) is 2.94. The van der Waals surface area contributed by atoms with Crippen LogP contribution in [-0.4, -0.2) is 80.1 Å². The van der Waals surface area contributed by atoms with Crippen LogP contribution in [0.1, 0.15) is 31.3 Å². The Labute approximate surface area is 232 Å². The van der Waals surface area contributed by atoms with E-state index in [4.69, 9.17) is 0 Å². The van der Waals surface area contributed by atoms with Crippen LogP contribution in [0.25, 0.3) is 22.3 Å². The van der Waals surface area contributed by atoms with Crippen molar-refractivity contribution < 1.29 is 8.78 Å². The summed E-state index contributed by atoms with van der Waals surface area (Å²) in [6, 6.07) is 6.97. The zero-order valence-electron chi connectivity index (χ0n) is 23.2. The zero-order valence-corrected chi connectivity index (χ0v) is 23.2. The first kappa shape index (κ1) is 26.7. The minimum absolute atomic E-state index is 0.0109. The Morgan fingerprint density at radius 1 is 0.975 bits per heavy atom. The van der Waals surface area contributed by atoms with Crippen LogP contribution in [0, 0.1) is 24.5 Å². The van der Waals surface area contributed by atoms with E-state index in [1.165, 1.54) is 12.6 Å². The van der Waals surface area contributed by atoms with Crippen molar-refractivity contribution in [3.63, 3.8) is 0 Å². The van der Waals surface area contributed by atoms with Gasteiger partial charge in [0, 0.05) is 70.2 Å². The van der Waals surface area contributed by atoms with Gasteiger partial charge in [0.25, 0.3) is 0 Å². The molecule has 0 bridgehead atoms. The van der Waals surface area contributed by atoms with Crippen LogP contribution in [0.4, 0.5) is 20.5 Å². The van der Waals surface area contributed by atoms with E-state index in [9.17, 15) is 8.78 Å². The van der Waals surface area contributed by atoms with Gasteiger partial charge in [-0.05, 0) is 50.5 Å². The molecular weight excluding hydrogens is 512 g/mol. The van der Waals surface area contributed by atoms with Crippen LogP contribution < -0.4 is 10.6 Å². The Hall–Kier alpha value is -3.54. The Balaban J connectivity index is 1.13. The Morgan fingerprint density at radius 2 is 1.75 bits per heavy atom. The molecule has 0 unspecified atom stereocenters. The molecule has 2 aliphatic heterocycles. The molecule has 0 amide bonds. The van der Waals surface area contributed by atoms with Gasteiger partial charge in [-0.1, -0.05) is 6.07 Å². The number of benzene rings is 1. The van der Waals surface area contributed by atoms with Gasteiger partial charge in [0.15, 0.2) is 11.6 Å². The summed E-state index contributed by atoms with van der Waals surface area (Å²) in [7, 11) is 0. The van der Waals surface area contributed by atoms with Gasteiger partial charge in [0.05, 0.1) is 11.7 Å². The van der Waals surface area contributed by atoms with Crippen molar-refractivity contribution in [1.29, 1.82) is 0 Å². The monoisotopic (exact) mass is 547 g/mol. The molecule has 2 fully saturated rings. The number of aromatic nitrogens is 5. The number of pyridine rings is 1. The van der Waals surface area contributed by atoms with Crippen molar-refractivity contribution in [1.82, 2.24) is 39.6 Å². The van der Waals surface area contributed by atoms with Crippen LogP contribution in [-0.2, 0) is 6.54 Å². The third-order valence-corrected chi connectivity index (χ3v) is 7.78. The molecule has 2 N–H and O–H groups in total. The summed E-state index contributed by atoms with van der Waals surface area (Å²) in [4.78, 5) is 22.4. The number of nitrogens with one attached hydrogen (secondary N) is 2. The summed E-state index contributed by atoms with van der Waals surface area (Å²) in [5, 5.41) is 6.40. The molecule has 6 rings (SSSR count). The lowest BCUT2D eigenvalue weighted by Crippen LogP contribution is -2.53. The number of piperazine rings is 1. The van der Waals surface area contributed by atoms with E-state index in [1.807, 2.05) is 43.7 Å². The maximum absolute atomic E-state index is 15.0. The SMILES string of the molecule is Cc1nc2c(F)cc(-c3nc(Nc4ccc(CN5CCN(CC6CNC6)CC5)cn4)ncc3F)cc2n1C(C)C. The lowest BCUT2D eigenvalue weighted by molar-refractivity contribution is 0.102. The molecule has 0 saturated carbocycles. The number of anilines is 2. The van der Waals surface area contributed by atoms with Crippen LogP contribution in [0.3, 0.4) is 0 Å². The molecular formula is C29H35F2N9. The molecule has 1 aromatic carbocycles. The second kappa shape index (κ2) is 11.1. The average molecular weight is 548 g/mol. The Kier molecular flexibility index (Phi) is 7.43. The first-order valence-electron chi connectivity index (χ1n) is 13.9. The molecule has 210 valence electrons. The maximum atomic E-state index is 15.0. The van der Waals surface area contributed by atoms with Gasteiger partial charge >= 0.3 is 0 Å². The van der Waals surface area contributed by atoms with E-state index in [2.05, 4.69) is 40.4 Å². The van der Waals surface area contributed by atoms with E-state index < -0.39 is 11.6 Å². The average Bonchev–Trinajstić information content (AvgIpc) is 3.26. The highest BCUT2D eigenvalue weighted by Crippen LogP contribution is 2.30. The van der Waals surface area contributed by atoms with Crippen LogP contribution >= 0.6 is 0 Å². The molecule has 0 radical (unpaired) electrons. The minimum Gasteiger partial charge on any atom is -0.326 e. The molecule has 5 heterocycles. The van der Waals surface area contributed by atoms with Gasteiger partial charge in [-0.25, -0.2) is 28.7 Å². The summed E-state index contributed by atoms with van der Waals surface area (Å²) in [5.74, 6) is 1.09. The molecule has 2 saturated heterocycles. The number of nitrogens with zero attached hydrogens (tertiary/aromatic N) is 7. The van der Waals surface area contributed by atoms with E-state index in [1.54, 1.807) is 6.07 Å². The van der Waals surface area contributed by atoms with Crippen molar-refractivity contribution in [2.45, 2.75) is 33.4 Å². The number of halogens is 2. The van der Waals surface area contributed by atoms with Crippen molar-refractivity contribution in [2.24, 2.45) is 5.92 Å². The highest BCUT2D eigenvalue weighted by Gasteiger charge is 2.23. The highest BCUT2D eigenvalue weighted by atomic mass is 19.1. The Bertz CT molecular complexity index is 1490. The minimum atomic E-state index is -0.635. The lowest BCUT2D eigenvalue weighted by Gasteiger charge is -2.38. The number of imidazole rings is 1. The number of rotatable bonds is 8. The van der Waals surface area contributed by atoms with E-state index >= 15 is 0 Å². The normalized spacial score (nSPS) is 17.1. The van der Waals surface area contributed by atoms with Crippen LogP contribution in [0.2, 0.25) is 0 Å². The quantitative estimate of drug-likeness (QED) is 0.341. The first-order valence-corrected chi connectivity index (χ1v) is 13.9. The van der Waals surface area contributed by atoms with Gasteiger partial charge in [-0.2, -0.15) is 0 Å². The largest absolute Gasteiger partial charge is 0.326 e. The molecule has 0 aliphatic carbocycles. The number of fused-ring (bicyclic) bond motifs is 1. The zero-order chi connectivity index (χ0) is 27.8. The van der Waals surface area contributed by atoms with Gasteiger partial charge in [0.2, 0.25) is 5.95 Å². The molecule has 3 aromatic heterocycles. The van der Waals surface area contributed by atoms with Gasteiger partial charge in [-0.3, -0.25) is 4.90 Å². The van der Waals surface area contributed by atoms with Gasteiger partial charge in [-0.15, -0.1) is 0 Å². The van der Waals surface area contributed by atoms with Gasteiger partial charge in [0.1, 0.15) is 22.9 Å². The maximum Gasteiger partial charge on any atom is 0.229 e. The molecule has 2 aliphatic rings. The molecule has 0 spiro atoms.